The number of carbonyl (C=O) groups is 3. The summed E-state index contributed by atoms with van der Waals surface area (Å²) in [4.78, 5) is 42.9. The number of nitrogens with one attached hydrogen (secondary N) is 2. The minimum atomic E-state index is -0.856. The first-order valence-corrected chi connectivity index (χ1v) is 11.9. The number of rotatable bonds is 7. The van der Waals surface area contributed by atoms with Crippen molar-refractivity contribution in [2.75, 3.05) is 13.1 Å². The molecule has 3 amide bonds. The summed E-state index contributed by atoms with van der Waals surface area (Å²) >= 11 is 0. The highest BCUT2D eigenvalue weighted by molar-refractivity contribution is 5.95. The molecule has 0 spiro atoms. The first-order valence-electron chi connectivity index (χ1n) is 11.9. The molecule has 1 fully saturated rings. The first kappa shape index (κ1) is 25.1. The largest absolute Gasteiger partial charge is 0.489 e. The maximum absolute atomic E-state index is 13.0. The lowest BCUT2D eigenvalue weighted by Gasteiger charge is -2.41. The van der Waals surface area contributed by atoms with Crippen molar-refractivity contribution in [2.24, 2.45) is 0 Å². The van der Waals surface area contributed by atoms with Gasteiger partial charge in [0.15, 0.2) is 0 Å². The van der Waals surface area contributed by atoms with Crippen LogP contribution in [0.3, 0.4) is 0 Å². The average molecular weight is 491 g/mol. The van der Waals surface area contributed by atoms with Gasteiger partial charge in [-0.15, -0.1) is 0 Å². The molecule has 0 atom stereocenters. The molecule has 0 radical (unpaired) electrons. The summed E-state index contributed by atoms with van der Waals surface area (Å²) in [5, 5.41) is 13.0. The van der Waals surface area contributed by atoms with Crippen LogP contribution in [-0.2, 0) is 16.2 Å². The molecule has 9 nitrogen and oxygen atoms in total. The summed E-state index contributed by atoms with van der Waals surface area (Å²) in [6.45, 7) is 4.65. The third-order valence-corrected chi connectivity index (χ3v) is 6.61. The van der Waals surface area contributed by atoms with Gasteiger partial charge in [-0.25, -0.2) is 5.48 Å². The van der Waals surface area contributed by atoms with Crippen LogP contribution in [0.2, 0.25) is 0 Å². The highest BCUT2D eigenvalue weighted by Gasteiger charge is 2.38. The molecule has 188 valence electrons. The van der Waals surface area contributed by atoms with E-state index < -0.39 is 11.4 Å². The predicted molar refractivity (Wildman–Crippen MR) is 133 cm³/mol. The molecule has 1 saturated heterocycles. The maximum Gasteiger partial charge on any atom is 0.251 e. The SMILES string of the molecule is CC(=O)N1CCC(CC(=O)NO)(NC(=O)c2ccc(OCc3cc(C)nc4ccccc34)cc2)CC1. The Bertz CT molecular complexity index is 1270. The molecule has 1 aliphatic rings. The molecule has 2 heterocycles. The minimum absolute atomic E-state index is 0.0490. The smallest absolute Gasteiger partial charge is 0.251 e. The van der Waals surface area contributed by atoms with Crippen LogP contribution in [-0.4, -0.2) is 51.4 Å². The van der Waals surface area contributed by atoms with Gasteiger partial charge in [-0.2, -0.15) is 0 Å². The third-order valence-electron chi connectivity index (χ3n) is 6.61. The van der Waals surface area contributed by atoms with E-state index in [9.17, 15) is 14.4 Å². The lowest BCUT2D eigenvalue weighted by atomic mass is 9.83. The van der Waals surface area contributed by atoms with E-state index in [1.807, 2.05) is 37.3 Å². The van der Waals surface area contributed by atoms with Crippen LogP contribution in [0.4, 0.5) is 0 Å². The van der Waals surface area contributed by atoms with Crippen LogP contribution >= 0.6 is 0 Å². The van der Waals surface area contributed by atoms with Crippen molar-refractivity contribution in [1.82, 2.24) is 20.7 Å². The second kappa shape index (κ2) is 10.7. The average Bonchev–Trinajstić information content (AvgIpc) is 2.87. The molecule has 3 N–H and O–H groups in total. The highest BCUT2D eigenvalue weighted by atomic mass is 16.5. The summed E-state index contributed by atoms with van der Waals surface area (Å²) in [5.41, 5.74) is 4.07. The number of likely N-dealkylation sites (tertiary alicyclic amines) is 1. The molecule has 2 aromatic carbocycles. The van der Waals surface area contributed by atoms with Gasteiger partial charge in [-0.05, 0) is 56.2 Å². The van der Waals surface area contributed by atoms with E-state index in [1.165, 1.54) is 6.92 Å². The molecule has 0 unspecified atom stereocenters. The van der Waals surface area contributed by atoms with Crippen molar-refractivity contribution in [3.05, 3.63) is 71.4 Å². The number of amides is 3. The summed E-state index contributed by atoms with van der Waals surface area (Å²) in [7, 11) is 0. The zero-order chi connectivity index (χ0) is 25.7. The molecule has 36 heavy (non-hydrogen) atoms. The molecule has 0 bridgehead atoms. The predicted octanol–water partition coefficient (Wildman–Crippen LogP) is 3.13. The Morgan fingerprint density at radius 2 is 1.78 bits per heavy atom. The number of benzene rings is 2. The monoisotopic (exact) mass is 490 g/mol. The lowest BCUT2D eigenvalue weighted by Crippen LogP contribution is -2.57. The van der Waals surface area contributed by atoms with Crippen molar-refractivity contribution in [3.63, 3.8) is 0 Å². The number of piperidine rings is 1. The fourth-order valence-electron chi connectivity index (χ4n) is 4.63. The Morgan fingerprint density at radius 3 is 2.44 bits per heavy atom. The number of aromatic nitrogens is 1. The fourth-order valence-corrected chi connectivity index (χ4v) is 4.63. The zero-order valence-corrected chi connectivity index (χ0v) is 20.4. The minimum Gasteiger partial charge on any atom is -0.489 e. The number of ether oxygens (including phenoxy) is 1. The van der Waals surface area contributed by atoms with Gasteiger partial charge in [0, 0.05) is 42.2 Å². The topological polar surface area (TPSA) is 121 Å². The third kappa shape index (κ3) is 5.80. The van der Waals surface area contributed by atoms with Gasteiger partial charge >= 0.3 is 0 Å². The van der Waals surface area contributed by atoms with Crippen LogP contribution in [0.15, 0.2) is 54.6 Å². The van der Waals surface area contributed by atoms with Crippen molar-refractivity contribution in [2.45, 2.75) is 45.3 Å². The number of hydroxylamine groups is 1. The Hall–Kier alpha value is -3.98. The first-order chi connectivity index (χ1) is 17.3. The van der Waals surface area contributed by atoms with E-state index in [2.05, 4.69) is 10.3 Å². The van der Waals surface area contributed by atoms with E-state index in [1.54, 1.807) is 34.6 Å². The van der Waals surface area contributed by atoms with Gasteiger partial charge in [0.25, 0.3) is 5.91 Å². The van der Waals surface area contributed by atoms with Crippen molar-refractivity contribution < 1.29 is 24.3 Å². The van der Waals surface area contributed by atoms with Gasteiger partial charge in [-0.3, -0.25) is 24.6 Å². The molecule has 4 rings (SSSR count). The highest BCUT2D eigenvalue weighted by Crippen LogP contribution is 2.27. The van der Waals surface area contributed by atoms with Gasteiger partial charge in [-0.1, -0.05) is 18.2 Å². The molecular formula is C27H30N4O5. The Morgan fingerprint density at radius 1 is 1.08 bits per heavy atom. The normalized spacial score (nSPS) is 14.8. The van der Waals surface area contributed by atoms with Crippen LogP contribution in [0.5, 0.6) is 5.75 Å². The van der Waals surface area contributed by atoms with E-state index in [-0.39, 0.29) is 18.2 Å². The standard InChI is InChI=1S/C27H30N4O5/c1-18-15-21(23-5-3-4-6-24(23)28-18)17-36-22-9-7-20(8-10-22)26(34)29-27(16-25(33)30-35)11-13-31(14-12-27)19(2)32/h3-10,15,35H,11-14,16-17H2,1-2H3,(H,29,34)(H,30,33). The molecule has 3 aromatic rings. The maximum atomic E-state index is 13.0. The Kier molecular flexibility index (Phi) is 7.49. The van der Waals surface area contributed by atoms with Crippen LogP contribution < -0.4 is 15.5 Å². The number of aryl methyl sites for hydroxylation is 1. The number of para-hydroxylation sites is 1. The van der Waals surface area contributed by atoms with Gasteiger partial charge < -0.3 is 15.0 Å². The Labute approximate surface area is 209 Å². The van der Waals surface area contributed by atoms with Crippen molar-refractivity contribution in [1.29, 1.82) is 0 Å². The van der Waals surface area contributed by atoms with Crippen molar-refractivity contribution >= 4 is 28.6 Å². The second-order valence-electron chi connectivity index (χ2n) is 9.21. The van der Waals surface area contributed by atoms with Crippen LogP contribution in [0.25, 0.3) is 10.9 Å². The quantitative estimate of drug-likeness (QED) is 0.346. The van der Waals surface area contributed by atoms with Gasteiger partial charge in [0.1, 0.15) is 12.4 Å². The number of hydrogen-bond acceptors (Lipinski definition) is 6. The lowest BCUT2D eigenvalue weighted by molar-refractivity contribution is -0.132. The van der Waals surface area contributed by atoms with Crippen LogP contribution in [0.1, 0.15) is 47.8 Å². The molecule has 0 aliphatic carbocycles. The van der Waals surface area contributed by atoms with E-state index in [4.69, 9.17) is 9.94 Å². The number of carbonyl (C=O) groups excluding carboxylic acids is 3. The summed E-state index contributed by atoms with van der Waals surface area (Å²) in [6, 6.07) is 16.7. The number of nitrogens with zero attached hydrogens (tertiary/aromatic N) is 2. The number of pyridine rings is 1. The van der Waals surface area contributed by atoms with Gasteiger partial charge in [0.05, 0.1) is 17.5 Å². The van der Waals surface area contributed by atoms with Gasteiger partial charge in [0.2, 0.25) is 11.8 Å². The molecule has 1 aliphatic heterocycles. The Balaban J connectivity index is 1.43. The molecular weight excluding hydrogens is 460 g/mol. The fraction of sp³-hybridized carbons (Fsp3) is 0.333. The number of hydrogen-bond donors (Lipinski definition) is 3. The second-order valence-corrected chi connectivity index (χ2v) is 9.21. The summed E-state index contributed by atoms with van der Waals surface area (Å²) in [6.07, 6.45) is 0.736. The number of fused-ring (bicyclic) bond motifs is 1. The molecule has 9 heteroatoms. The van der Waals surface area contributed by atoms with E-state index in [0.29, 0.717) is 43.9 Å². The zero-order valence-electron chi connectivity index (χ0n) is 20.4. The van der Waals surface area contributed by atoms with Crippen molar-refractivity contribution in [3.8, 4) is 5.75 Å². The summed E-state index contributed by atoms with van der Waals surface area (Å²) in [5.74, 6) is -0.352. The van der Waals surface area contributed by atoms with E-state index in [0.717, 1.165) is 22.2 Å². The molecule has 1 aromatic heterocycles. The van der Waals surface area contributed by atoms with Crippen LogP contribution in [0, 0.1) is 6.92 Å². The molecule has 0 saturated carbocycles. The van der Waals surface area contributed by atoms with E-state index >= 15 is 0 Å². The summed E-state index contributed by atoms with van der Waals surface area (Å²) < 4.78 is 5.98.